The molecule has 1 atom stereocenters. The number of benzene rings is 3. The normalized spacial score (nSPS) is 14.1. The van der Waals surface area contributed by atoms with Gasteiger partial charge in [0, 0.05) is 23.4 Å². The van der Waals surface area contributed by atoms with Crippen LogP contribution in [-0.4, -0.2) is 48.4 Å². The van der Waals surface area contributed by atoms with Crippen LogP contribution < -0.4 is 10.1 Å². The summed E-state index contributed by atoms with van der Waals surface area (Å²) in [5, 5.41) is 14.4. The number of ether oxygens (including phenoxy) is 2. The summed E-state index contributed by atoms with van der Waals surface area (Å²) in [5.41, 5.74) is 3.81. The van der Waals surface area contributed by atoms with Crippen molar-refractivity contribution in [2.75, 3.05) is 20.8 Å². The summed E-state index contributed by atoms with van der Waals surface area (Å²) in [5.74, 6) is -0.194. The second-order valence-electron chi connectivity index (χ2n) is 7.82. The summed E-state index contributed by atoms with van der Waals surface area (Å²) >= 11 is 0. The van der Waals surface area contributed by atoms with Gasteiger partial charge >= 0.3 is 0 Å². The van der Waals surface area contributed by atoms with Crippen LogP contribution in [0.3, 0.4) is 0 Å². The Bertz CT molecular complexity index is 1370. The minimum absolute atomic E-state index is 0.173. The third-order valence-corrected chi connectivity index (χ3v) is 5.88. The molecule has 32 heavy (non-hydrogen) atoms. The van der Waals surface area contributed by atoms with Crippen LogP contribution in [0.15, 0.2) is 54.6 Å². The first-order valence-corrected chi connectivity index (χ1v) is 10.3. The smallest absolute Gasteiger partial charge is 0.259 e. The van der Waals surface area contributed by atoms with Crippen molar-refractivity contribution in [1.29, 1.82) is 0 Å². The molecule has 2 heterocycles. The summed E-state index contributed by atoms with van der Waals surface area (Å²) in [6.07, 6.45) is -0.746. The monoisotopic (exact) mass is 430 g/mol. The van der Waals surface area contributed by atoms with Crippen molar-refractivity contribution in [3.8, 4) is 16.9 Å². The Morgan fingerprint density at radius 3 is 2.44 bits per heavy atom. The molecule has 1 unspecified atom stereocenters. The Balaban J connectivity index is 1.92. The molecule has 2 N–H and O–H groups in total. The van der Waals surface area contributed by atoms with Crippen molar-refractivity contribution in [3.05, 3.63) is 65.7 Å². The maximum Gasteiger partial charge on any atom is 0.259 e. The average molecular weight is 430 g/mol. The highest BCUT2D eigenvalue weighted by atomic mass is 16.5. The second-order valence-corrected chi connectivity index (χ2v) is 7.82. The molecule has 0 spiro atoms. The van der Waals surface area contributed by atoms with Crippen molar-refractivity contribution >= 4 is 33.6 Å². The number of aliphatic hydroxyl groups excluding tert-OH is 1. The molecule has 1 aliphatic heterocycles. The number of aliphatic hydroxyl groups is 1. The van der Waals surface area contributed by atoms with Gasteiger partial charge in [0.1, 0.15) is 5.75 Å². The molecule has 1 aromatic heterocycles. The Hall–Kier alpha value is -3.68. The summed E-state index contributed by atoms with van der Waals surface area (Å²) in [6.45, 7) is 0.440. The van der Waals surface area contributed by atoms with Crippen molar-refractivity contribution < 1.29 is 24.2 Å². The third kappa shape index (κ3) is 3.05. The molecule has 0 saturated heterocycles. The molecule has 0 bridgehead atoms. The molecule has 5 rings (SSSR count). The molecule has 3 aromatic carbocycles. The Kier molecular flexibility index (Phi) is 4.92. The van der Waals surface area contributed by atoms with Crippen molar-refractivity contribution in [3.63, 3.8) is 0 Å². The van der Waals surface area contributed by atoms with Crippen LogP contribution in [0, 0.1) is 0 Å². The molecule has 0 saturated carbocycles. The Morgan fingerprint density at radius 2 is 1.72 bits per heavy atom. The number of hydrogen-bond acceptors (Lipinski definition) is 5. The lowest BCUT2D eigenvalue weighted by molar-refractivity contribution is 0.0551. The van der Waals surface area contributed by atoms with Crippen LogP contribution in [0.1, 0.15) is 20.7 Å². The second kappa shape index (κ2) is 7.78. The van der Waals surface area contributed by atoms with Crippen LogP contribution in [0.4, 0.5) is 0 Å². The molecule has 0 radical (unpaired) electrons. The Labute approximate surface area is 184 Å². The van der Waals surface area contributed by atoms with E-state index in [9.17, 15) is 14.7 Å². The highest BCUT2D eigenvalue weighted by Gasteiger charge is 2.34. The molecule has 2 amide bonds. The average Bonchev–Trinajstić information content (AvgIpc) is 3.27. The van der Waals surface area contributed by atoms with Gasteiger partial charge in [-0.15, -0.1) is 0 Å². The van der Waals surface area contributed by atoms with Gasteiger partial charge < -0.3 is 19.1 Å². The molecule has 1 aliphatic rings. The summed E-state index contributed by atoms with van der Waals surface area (Å²) < 4.78 is 12.5. The quantitative estimate of drug-likeness (QED) is 0.458. The fraction of sp³-hybridized carbons (Fsp3) is 0.200. The van der Waals surface area contributed by atoms with E-state index in [-0.39, 0.29) is 13.2 Å². The number of aromatic nitrogens is 1. The predicted octanol–water partition coefficient (Wildman–Crippen LogP) is 3.36. The van der Waals surface area contributed by atoms with E-state index in [4.69, 9.17) is 9.47 Å². The van der Waals surface area contributed by atoms with Gasteiger partial charge in [-0.3, -0.25) is 14.9 Å². The van der Waals surface area contributed by atoms with Crippen molar-refractivity contribution in [2.24, 2.45) is 0 Å². The van der Waals surface area contributed by atoms with Crippen LogP contribution in [0.5, 0.6) is 5.75 Å². The van der Waals surface area contributed by atoms with Gasteiger partial charge in [0.05, 0.1) is 43.0 Å². The maximum absolute atomic E-state index is 13.0. The Morgan fingerprint density at radius 1 is 0.969 bits per heavy atom. The lowest BCUT2D eigenvalue weighted by Crippen LogP contribution is -2.21. The minimum atomic E-state index is -0.746. The molecule has 7 heteroatoms. The number of amides is 2. The molecule has 7 nitrogen and oxygen atoms in total. The van der Waals surface area contributed by atoms with Crippen molar-refractivity contribution in [2.45, 2.75) is 12.6 Å². The maximum atomic E-state index is 13.0. The number of hydrogen-bond donors (Lipinski definition) is 2. The summed E-state index contributed by atoms with van der Waals surface area (Å²) in [7, 11) is 3.12. The van der Waals surface area contributed by atoms with Crippen LogP contribution in [0.2, 0.25) is 0 Å². The first kappa shape index (κ1) is 20.2. The number of carbonyl (C=O) groups is 2. The zero-order valence-corrected chi connectivity index (χ0v) is 17.7. The number of carbonyl (C=O) groups excluding carboxylic acids is 2. The largest absolute Gasteiger partial charge is 0.497 e. The van der Waals surface area contributed by atoms with Gasteiger partial charge in [0.25, 0.3) is 11.8 Å². The number of methoxy groups -OCH3 is 2. The van der Waals surface area contributed by atoms with Gasteiger partial charge in [-0.2, -0.15) is 0 Å². The number of imide groups is 1. The first-order chi connectivity index (χ1) is 15.5. The molecule has 0 fully saturated rings. The molecular formula is C25H22N2O5. The van der Waals surface area contributed by atoms with Crippen LogP contribution in [-0.2, 0) is 11.3 Å². The van der Waals surface area contributed by atoms with Gasteiger partial charge in [-0.1, -0.05) is 30.3 Å². The van der Waals surface area contributed by atoms with E-state index in [1.807, 2.05) is 59.2 Å². The van der Waals surface area contributed by atoms with E-state index in [0.29, 0.717) is 27.8 Å². The fourth-order valence-corrected chi connectivity index (χ4v) is 4.55. The van der Waals surface area contributed by atoms with Crippen molar-refractivity contribution in [1.82, 2.24) is 9.88 Å². The van der Waals surface area contributed by atoms with E-state index in [2.05, 4.69) is 5.32 Å². The molecule has 0 aliphatic carbocycles. The van der Waals surface area contributed by atoms with Gasteiger partial charge in [0.15, 0.2) is 0 Å². The fourth-order valence-electron chi connectivity index (χ4n) is 4.55. The molecule has 4 aromatic rings. The molecule has 162 valence electrons. The minimum Gasteiger partial charge on any atom is -0.497 e. The number of nitrogens with one attached hydrogen (secondary N) is 1. The first-order valence-electron chi connectivity index (χ1n) is 10.3. The lowest BCUT2D eigenvalue weighted by atomic mass is 9.93. The topological polar surface area (TPSA) is 89.8 Å². The van der Waals surface area contributed by atoms with E-state index in [1.54, 1.807) is 7.11 Å². The standard InChI is InChI=1S/C25H22N2O5/c1-31-13-15(28)12-27-19-9-8-16(32-2)10-18(19)21-20(27)11-17(14-6-4-3-5-7-14)22-23(21)25(30)26-24(22)29/h3-11,15,28H,12-13H2,1-2H3,(H,26,29,30). The van der Waals surface area contributed by atoms with E-state index in [0.717, 1.165) is 22.0 Å². The number of fused-ring (bicyclic) bond motifs is 5. The highest BCUT2D eigenvalue weighted by molar-refractivity contribution is 6.32. The van der Waals surface area contributed by atoms with Crippen LogP contribution in [0.25, 0.3) is 32.9 Å². The van der Waals surface area contributed by atoms with Crippen LogP contribution >= 0.6 is 0 Å². The number of rotatable bonds is 6. The van der Waals surface area contributed by atoms with Gasteiger partial charge in [-0.25, -0.2) is 0 Å². The zero-order chi connectivity index (χ0) is 22.4. The SMILES string of the molecule is COCC(O)Cn1c2ccc(OC)cc2c2c3c(c(-c4ccccc4)cc21)C(=O)NC3=O. The highest BCUT2D eigenvalue weighted by Crippen LogP contribution is 2.41. The summed E-state index contributed by atoms with van der Waals surface area (Å²) in [4.78, 5) is 25.8. The number of nitrogens with zero attached hydrogens (tertiary/aromatic N) is 1. The third-order valence-electron chi connectivity index (χ3n) is 5.88. The van der Waals surface area contributed by atoms with E-state index < -0.39 is 17.9 Å². The van der Waals surface area contributed by atoms with E-state index in [1.165, 1.54) is 7.11 Å². The van der Waals surface area contributed by atoms with Gasteiger partial charge in [-0.05, 0) is 35.4 Å². The van der Waals surface area contributed by atoms with E-state index >= 15 is 0 Å². The van der Waals surface area contributed by atoms with Gasteiger partial charge in [0.2, 0.25) is 0 Å². The lowest BCUT2D eigenvalue weighted by Gasteiger charge is -2.14. The zero-order valence-electron chi connectivity index (χ0n) is 17.7. The summed E-state index contributed by atoms with van der Waals surface area (Å²) in [6, 6.07) is 17.0. The predicted molar refractivity (Wildman–Crippen MR) is 121 cm³/mol. The molecular weight excluding hydrogens is 408 g/mol.